The summed E-state index contributed by atoms with van der Waals surface area (Å²) in [6, 6.07) is 9.87. The molecule has 0 spiro atoms. The quantitative estimate of drug-likeness (QED) is 0.751. The van der Waals surface area contributed by atoms with E-state index in [9.17, 15) is 0 Å². The van der Waals surface area contributed by atoms with E-state index in [1.165, 1.54) is 0 Å². The van der Waals surface area contributed by atoms with E-state index in [0.717, 1.165) is 17.6 Å². The Kier molecular flexibility index (Phi) is 3.12. The van der Waals surface area contributed by atoms with Gasteiger partial charge in [0.15, 0.2) is 4.77 Å². The number of hydrogen-bond acceptors (Lipinski definition) is 3. The summed E-state index contributed by atoms with van der Waals surface area (Å²) < 4.78 is 4.54. The highest BCUT2D eigenvalue weighted by atomic mass is 32.1. The van der Waals surface area contributed by atoms with Crippen LogP contribution in [-0.4, -0.2) is 19.3 Å². The molecule has 0 fully saturated rings. The molecule has 20 heavy (non-hydrogen) atoms. The maximum absolute atomic E-state index is 9.15. The summed E-state index contributed by atoms with van der Waals surface area (Å²) in [5.74, 6) is 0. The molecule has 0 aliphatic rings. The average molecular weight is 283 g/mol. The van der Waals surface area contributed by atoms with Crippen molar-refractivity contribution in [3.8, 4) is 6.07 Å². The lowest BCUT2D eigenvalue weighted by atomic mass is 10.2. The number of nitrogens with one attached hydrogen (secondary N) is 1. The van der Waals surface area contributed by atoms with Crippen LogP contribution in [0, 0.1) is 16.1 Å². The first-order valence-electron chi connectivity index (χ1n) is 6.31. The van der Waals surface area contributed by atoms with E-state index in [4.69, 9.17) is 17.5 Å². The summed E-state index contributed by atoms with van der Waals surface area (Å²) in [6.45, 7) is 2.81. The van der Waals surface area contributed by atoms with Gasteiger partial charge in [-0.05, 0) is 37.3 Å². The number of aromatic amines is 1. The van der Waals surface area contributed by atoms with Gasteiger partial charge in [-0.15, -0.1) is 0 Å². The van der Waals surface area contributed by atoms with Crippen LogP contribution in [0.5, 0.6) is 0 Å². The van der Waals surface area contributed by atoms with Gasteiger partial charge in [-0.1, -0.05) is 6.07 Å². The van der Waals surface area contributed by atoms with Gasteiger partial charge in [0.05, 0.1) is 29.2 Å². The number of fused-ring (bicyclic) bond motifs is 1. The van der Waals surface area contributed by atoms with Crippen molar-refractivity contribution in [3.63, 3.8) is 0 Å². The van der Waals surface area contributed by atoms with Crippen molar-refractivity contribution < 1.29 is 0 Å². The van der Waals surface area contributed by atoms with Gasteiger partial charge in [0.1, 0.15) is 6.07 Å². The number of imidazole rings is 1. The fourth-order valence-electron chi connectivity index (χ4n) is 2.44. The summed E-state index contributed by atoms with van der Waals surface area (Å²) in [7, 11) is 0. The van der Waals surface area contributed by atoms with Gasteiger partial charge in [-0.3, -0.25) is 4.68 Å². The molecule has 1 unspecified atom stereocenters. The molecule has 6 heteroatoms. The molecular weight excluding hydrogens is 270 g/mol. The summed E-state index contributed by atoms with van der Waals surface area (Å²) in [6.07, 6.45) is 3.69. The minimum atomic E-state index is 0.144. The van der Waals surface area contributed by atoms with Gasteiger partial charge < -0.3 is 9.55 Å². The van der Waals surface area contributed by atoms with Crippen LogP contribution in [0.3, 0.4) is 0 Å². The first-order chi connectivity index (χ1) is 9.70. The molecule has 1 N–H and O–H groups in total. The SMILES string of the molecule is CC(Cn1cccn1)n1c(=S)[nH]c2c(C#N)cccc21. The number of nitriles is 1. The largest absolute Gasteiger partial charge is 0.329 e. The van der Waals surface area contributed by atoms with Gasteiger partial charge in [0.25, 0.3) is 0 Å². The number of para-hydroxylation sites is 1. The van der Waals surface area contributed by atoms with Crippen LogP contribution in [-0.2, 0) is 6.54 Å². The van der Waals surface area contributed by atoms with Crippen molar-refractivity contribution in [1.29, 1.82) is 5.26 Å². The topological polar surface area (TPSA) is 62.3 Å². The Balaban J connectivity index is 2.10. The summed E-state index contributed by atoms with van der Waals surface area (Å²) in [4.78, 5) is 3.13. The molecule has 3 rings (SSSR count). The van der Waals surface area contributed by atoms with Gasteiger partial charge in [0, 0.05) is 12.4 Å². The zero-order chi connectivity index (χ0) is 14.1. The maximum Gasteiger partial charge on any atom is 0.178 e. The van der Waals surface area contributed by atoms with E-state index in [-0.39, 0.29) is 6.04 Å². The van der Waals surface area contributed by atoms with E-state index in [2.05, 4.69) is 23.1 Å². The Hall–Kier alpha value is -2.39. The fourth-order valence-corrected chi connectivity index (χ4v) is 2.82. The second-order valence-corrected chi connectivity index (χ2v) is 5.08. The Morgan fingerprint density at radius 1 is 1.45 bits per heavy atom. The Labute approximate surface area is 121 Å². The highest BCUT2D eigenvalue weighted by Gasteiger charge is 2.13. The smallest absolute Gasteiger partial charge is 0.178 e. The molecule has 1 aromatic carbocycles. The van der Waals surface area contributed by atoms with Gasteiger partial charge in [-0.2, -0.15) is 10.4 Å². The van der Waals surface area contributed by atoms with E-state index in [1.54, 1.807) is 12.3 Å². The predicted octanol–water partition coefficient (Wildman–Crippen LogP) is 3.03. The fraction of sp³-hybridized carbons (Fsp3) is 0.214. The maximum atomic E-state index is 9.15. The van der Waals surface area contributed by atoms with Crippen LogP contribution in [0.1, 0.15) is 18.5 Å². The molecule has 0 aliphatic heterocycles. The molecule has 2 aromatic heterocycles. The highest BCUT2D eigenvalue weighted by molar-refractivity contribution is 7.71. The third-order valence-corrected chi connectivity index (χ3v) is 3.62. The van der Waals surface area contributed by atoms with Crippen molar-refractivity contribution in [1.82, 2.24) is 19.3 Å². The van der Waals surface area contributed by atoms with E-state index in [0.29, 0.717) is 10.3 Å². The van der Waals surface area contributed by atoms with Crippen molar-refractivity contribution >= 4 is 23.3 Å². The number of nitrogens with zero attached hydrogens (tertiary/aromatic N) is 4. The zero-order valence-electron chi connectivity index (χ0n) is 10.9. The first-order valence-corrected chi connectivity index (χ1v) is 6.72. The third-order valence-electron chi connectivity index (χ3n) is 3.32. The molecule has 0 bridgehead atoms. The monoisotopic (exact) mass is 283 g/mol. The van der Waals surface area contributed by atoms with Crippen molar-refractivity contribution in [2.75, 3.05) is 0 Å². The average Bonchev–Trinajstić information content (AvgIpc) is 3.04. The van der Waals surface area contributed by atoms with Gasteiger partial charge in [0.2, 0.25) is 0 Å². The van der Waals surface area contributed by atoms with Crippen LogP contribution >= 0.6 is 12.2 Å². The number of rotatable bonds is 3. The van der Waals surface area contributed by atoms with Crippen LogP contribution < -0.4 is 0 Å². The molecule has 0 amide bonds. The minimum Gasteiger partial charge on any atom is -0.329 e. The lowest BCUT2D eigenvalue weighted by Gasteiger charge is -2.14. The molecule has 2 heterocycles. The second-order valence-electron chi connectivity index (χ2n) is 4.69. The molecule has 5 nitrogen and oxygen atoms in total. The lowest BCUT2D eigenvalue weighted by molar-refractivity contribution is 0.442. The standard InChI is InChI=1S/C14H13N5S/c1-10(9-18-7-3-6-16-18)19-12-5-2-4-11(8-15)13(12)17-14(19)20/h2-7,10H,9H2,1H3,(H,17,20). The Bertz CT molecular complexity index is 835. The molecule has 3 aromatic rings. The van der Waals surface area contributed by atoms with E-state index < -0.39 is 0 Å². The molecule has 0 aliphatic carbocycles. The number of benzene rings is 1. The predicted molar refractivity (Wildman–Crippen MR) is 78.8 cm³/mol. The third kappa shape index (κ3) is 2.02. The number of aromatic nitrogens is 4. The summed E-state index contributed by atoms with van der Waals surface area (Å²) in [5, 5.41) is 13.4. The molecular formula is C14H13N5S. The van der Waals surface area contributed by atoms with Crippen LogP contribution in [0.4, 0.5) is 0 Å². The normalized spacial score (nSPS) is 12.4. The van der Waals surface area contributed by atoms with Crippen LogP contribution in [0.2, 0.25) is 0 Å². The summed E-state index contributed by atoms with van der Waals surface area (Å²) in [5.41, 5.74) is 2.36. The molecule has 0 saturated carbocycles. The zero-order valence-corrected chi connectivity index (χ0v) is 11.8. The van der Waals surface area contributed by atoms with Gasteiger partial charge >= 0.3 is 0 Å². The van der Waals surface area contributed by atoms with Gasteiger partial charge in [-0.25, -0.2) is 0 Å². The lowest BCUT2D eigenvalue weighted by Crippen LogP contribution is -2.13. The summed E-state index contributed by atoms with van der Waals surface area (Å²) >= 11 is 5.40. The number of hydrogen-bond donors (Lipinski definition) is 1. The van der Waals surface area contributed by atoms with Crippen LogP contribution in [0.15, 0.2) is 36.7 Å². The van der Waals surface area contributed by atoms with Crippen molar-refractivity contribution in [2.24, 2.45) is 0 Å². The Morgan fingerprint density at radius 2 is 2.30 bits per heavy atom. The van der Waals surface area contributed by atoms with Crippen molar-refractivity contribution in [2.45, 2.75) is 19.5 Å². The second kappa shape index (κ2) is 4.94. The van der Waals surface area contributed by atoms with E-state index in [1.807, 2.05) is 33.6 Å². The molecule has 100 valence electrons. The number of H-pyrrole nitrogens is 1. The highest BCUT2D eigenvalue weighted by Crippen LogP contribution is 2.22. The molecule has 0 radical (unpaired) electrons. The first kappa shape index (κ1) is 12.6. The van der Waals surface area contributed by atoms with Crippen molar-refractivity contribution in [3.05, 3.63) is 47.0 Å². The molecule has 0 saturated heterocycles. The van der Waals surface area contributed by atoms with Crippen LogP contribution in [0.25, 0.3) is 11.0 Å². The van der Waals surface area contributed by atoms with E-state index >= 15 is 0 Å². The minimum absolute atomic E-state index is 0.144. The Morgan fingerprint density at radius 3 is 3.00 bits per heavy atom. The molecule has 1 atom stereocenters.